The minimum atomic E-state index is -0.590. The number of aromatic nitrogens is 4. The fourth-order valence-corrected chi connectivity index (χ4v) is 3.08. The molecule has 0 amide bonds. The number of hydrogen-bond acceptors (Lipinski definition) is 5. The van der Waals surface area contributed by atoms with Gasteiger partial charge in [0.2, 0.25) is 0 Å². The summed E-state index contributed by atoms with van der Waals surface area (Å²) in [6, 6.07) is -0.0264. The Morgan fingerprint density at radius 2 is 2.04 bits per heavy atom. The molecule has 0 saturated heterocycles. The van der Waals surface area contributed by atoms with Crippen LogP contribution in [0.2, 0.25) is 0 Å². The number of anilines is 1. The Kier molecular flexibility index (Phi) is 4.76. The van der Waals surface area contributed by atoms with Crippen LogP contribution in [0.3, 0.4) is 0 Å². The number of rotatable bonds is 8. The number of aliphatic hydroxyl groups is 1. The van der Waals surface area contributed by atoms with Crippen molar-refractivity contribution in [1.82, 2.24) is 19.7 Å². The summed E-state index contributed by atoms with van der Waals surface area (Å²) in [4.78, 5) is 8.96. The molecular weight excluding hydrogens is 302 g/mol. The van der Waals surface area contributed by atoms with Crippen molar-refractivity contribution >= 4 is 16.9 Å². The highest BCUT2D eigenvalue weighted by Crippen LogP contribution is 2.40. The smallest absolute Gasteiger partial charge is 0.163 e. The van der Waals surface area contributed by atoms with Gasteiger partial charge in [0.05, 0.1) is 22.7 Å². The standard InChI is InChI=1S/C18H29N5O/c1-5-6-9-23-17-15(14(22-23)10-12(2)3)16(19-11-20-17)21-13(4)18(24)7-8-18/h11-13,24H,5-10H2,1-4H3,(H,19,20,21). The highest BCUT2D eigenvalue weighted by atomic mass is 16.3. The maximum atomic E-state index is 10.3. The monoisotopic (exact) mass is 331 g/mol. The van der Waals surface area contributed by atoms with E-state index < -0.39 is 5.60 Å². The summed E-state index contributed by atoms with van der Waals surface area (Å²) in [6.07, 6.45) is 6.41. The molecule has 2 N–H and O–H groups in total. The van der Waals surface area contributed by atoms with Crippen molar-refractivity contribution in [2.45, 2.75) is 78.0 Å². The van der Waals surface area contributed by atoms with Gasteiger partial charge >= 0.3 is 0 Å². The number of nitrogens with zero attached hydrogens (tertiary/aromatic N) is 4. The van der Waals surface area contributed by atoms with Gasteiger partial charge in [-0.25, -0.2) is 14.6 Å². The lowest BCUT2D eigenvalue weighted by molar-refractivity contribution is 0.133. The minimum absolute atomic E-state index is 0.0264. The number of nitrogens with one attached hydrogen (secondary N) is 1. The average Bonchev–Trinajstić information content (AvgIpc) is 3.19. The fourth-order valence-electron chi connectivity index (χ4n) is 3.08. The van der Waals surface area contributed by atoms with Crippen LogP contribution in [0, 0.1) is 5.92 Å². The molecular formula is C18H29N5O. The van der Waals surface area contributed by atoms with E-state index in [0.717, 1.165) is 61.2 Å². The van der Waals surface area contributed by atoms with Crippen LogP contribution in [0.5, 0.6) is 0 Å². The van der Waals surface area contributed by atoms with Crippen LogP contribution in [0.15, 0.2) is 6.33 Å². The van der Waals surface area contributed by atoms with E-state index in [-0.39, 0.29) is 6.04 Å². The fraction of sp³-hybridized carbons (Fsp3) is 0.722. The Hall–Kier alpha value is -1.69. The van der Waals surface area contributed by atoms with Gasteiger partial charge in [0.25, 0.3) is 0 Å². The molecule has 1 atom stereocenters. The van der Waals surface area contributed by atoms with Gasteiger partial charge in [0.1, 0.15) is 12.1 Å². The largest absolute Gasteiger partial charge is 0.388 e. The van der Waals surface area contributed by atoms with Crippen LogP contribution in [0.4, 0.5) is 5.82 Å². The Balaban J connectivity index is 1.99. The third-order valence-electron chi connectivity index (χ3n) is 4.85. The van der Waals surface area contributed by atoms with Crippen LogP contribution in [0.1, 0.15) is 59.1 Å². The van der Waals surface area contributed by atoms with Crippen molar-refractivity contribution in [2.24, 2.45) is 5.92 Å². The first-order valence-corrected chi connectivity index (χ1v) is 9.14. The van der Waals surface area contributed by atoms with Gasteiger partial charge in [-0.2, -0.15) is 5.10 Å². The summed E-state index contributed by atoms with van der Waals surface area (Å²) in [7, 11) is 0. The summed E-state index contributed by atoms with van der Waals surface area (Å²) in [5.41, 5.74) is 1.36. The van der Waals surface area contributed by atoms with Crippen molar-refractivity contribution in [3.05, 3.63) is 12.0 Å². The van der Waals surface area contributed by atoms with Crippen LogP contribution in [0.25, 0.3) is 11.0 Å². The number of unbranched alkanes of at least 4 members (excludes halogenated alkanes) is 1. The molecule has 2 aromatic rings. The van der Waals surface area contributed by atoms with Crippen LogP contribution < -0.4 is 5.32 Å². The van der Waals surface area contributed by atoms with E-state index >= 15 is 0 Å². The van der Waals surface area contributed by atoms with Gasteiger partial charge in [-0.05, 0) is 38.5 Å². The molecule has 2 heterocycles. The van der Waals surface area contributed by atoms with Gasteiger partial charge in [-0.3, -0.25) is 0 Å². The molecule has 1 aliphatic rings. The summed E-state index contributed by atoms with van der Waals surface area (Å²) in [5, 5.41) is 19.6. The van der Waals surface area contributed by atoms with Crippen molar-refractivity contribution in [3.8, 4) is 0 Å². The predicted molar refractivity (Wildman–Crippen MR) is 96.0 cm³/mol. The molecule has 0 aromatic carbocycles. The highest BCUT2D eigenvalue weighted by molar-refractivity contribution is 5.89. The van der Waals surface area contributed by atoms with Crippen LogP contribution in [-0.4, -0.2) is 36.5 Å². The second-order valence-electron chi connectivity index (χ2n) is 7.51. The lowest BCUT2D eigenvalue weighted by Gasteiger charge is -2.20. The van der Waals surface area contributed by atoms with Gasteiger partial charge in [-0.1, -0.05) is 27.2 Å². The number of hydrogen-bond donors (Lipinski definition) is 2. The second-order valence-corrected chi connectivity index (χ2v) is 7.51. The molecule has 2 aromatic heterocycles. The van der Waals surface area contributed by atoms with E-state index in [1.165, 1.54) is 0 Å². The maximum absolute atomic E-state index is 10.3. The Morgan fingerprint density at radius 3 is 2.67 bits per heavy atom. The Bertz CT molecular complexity index is 705. The molecule has 132 valence electrons. The van der Waals surface area contributed by atoms with Crippen molar-refractivity contribution in [1.29, 1.82) is 0 Å². The van der Waals surface area contributed by atoms with E-state index in [4.69, 9.17) is 5.10 Å². The van der Waals surface area contributed by atoms with Gasteiger partial charge < -0.3 is 10.4 Å². The molecule has 6 heteroatoms. The van der Waals surface area contributed by atoms with Crippen molar-refractivity contribution in [2.75, 3.05) is 5.32 Å². The van der Waals surface area contributed by atoms with Crippen LogP contribution >= 0.6 is 0 Å². The highest BCUT2D eigenvalue weighted by Gasteiger charge is 2.45. The van der Waals surface area contributed by atoms with E-state index in [2.05, 4.69) is 36.1 Å². The molecule has 0 bridgehead atoms. The Morgan fingerprint density at radius 1 is 1.29 bits per heavy atom. The lowest BCUT2D eigenvalue weighted by Crippen LogP contribution is -2.32. The lowest BCUT2D eigenvalue weighted by atomic mass is 10.1. The molecule has 1 fully saturated rings. The predicted octanol–water partition coefficient (Wildman–Crippen LogP) is 3.15. The minimum Gasteiger partial charge on any atom is -0.388 e. The third-order valence-corrected chi connectivity index (χ3v) is 4.85. The first kappa shape index (κ1) is 17.1. The molecule has 24 heavy (non-hydrogen) atoms. The average molecular weight is 331 g/mol. The molecule has 1 aliphatic carbocycles. The quantitative estimate of drug-likeness (QED) is 0.777. The first-order chi connectivity index (χ1) is 11.4. The third kappa shape index (κ3) is 3.38. The summed E-state index contributed by atoms with van der Waals surface area (Å²) in [5.74, 6) is 1.31. The van der Waals surface area contributed by atoms with E-state index in [1.807, 2.05) is 11.6 Å². The molecule has 1 unspecified atom stereocenters. The molecule has 0 spiro atoms. The first-order valence-electron chi connectivity index (χ1n) is 9.14. The summed E-state index contributed by atoms with van der Waals surface area (Å²) >= 11 is 0. The normalized spacial score (nSPS) is 17.4. The zero-order valence-electron chi connectivity index (χ0n) is 15.2. The number of aryl methyl sites for hydroxylation is 1. The zero-order valence-corrected chi connectivity index (χ0v) is 15.2. The van der Waals surface area contributed by atoms with Crippen molar-refractivity contribution < 1.29 is 5.11 Å². The summed E-state index contributed by atoms with van der Waals surface area (Å²) < 4.78 is 2.01. The number of fused-ring (bicyclic) bond motifs is 1. The topological polar surface area (TPSA) is 75.9 Å². The van der Waals surface area contributed by atoms with E-state index in [0.29, 0.717) is 5.92 Å². The molecule has 3 rings (SSSR count). The summed E-state index contributed by atoms with van der Waals surface area (Å²) in [6.45, 7) is 9.47. The molecule has 6 nitrogen and oxygen atoms in total. The molecule has 1 saturated carbocycles. The SMILES string of the molecule is CCCCn1nc(CC(C)C)c2c(NC(C)C3(O)CC3)ncnc21. The van der Waals surface area contributed by atoms with Crippen molar-refractivity contribution in [3.63, 3.8) is 0 Å². The van der Waals surface area contributed by atoms with E-state index in [1.54, 1.807) is 6.33 Å². The van der Waals surface area contributed by atoms with Crippen LogP contribution in [-0.2, 0) is 13.0 Å². The molecule has 0 radical (unpaired) electrons. The maximum Gasteiger partial charge on any atom is 0.163 e. The Labute approximate surface area is 143 Å². The van der Waals surface area contributed by atoms with Gasteiger partial charge in [0.15, 0.2) is 5.65 Å². The van der Waals surface area contributed by atoms with Gasteiger partial charge in [0, 0.05) is 6.54 Å². The molecule has 0 aliphatic heterocycles. The van der Waals surface area contributed by atoms with E-state index in [9.17, 15) is 5.11 Å². The second kappa shape index (κ2) is 6.67. The van der Waals surface area contributed by atoms with Gasteiger partial charge in [-0.15, -0.1) is 0 Å². The zero-order chi connectivity index (χ0) is 17.3.